The molecule has 2 amide bonds. The smallest absolute Gasteiger partial charge is 0.496 e. The number of carbonyl (C=O) groups is 2. The van der Waals surface area contributed by atoms with Crippen LogP contribution in [0.3, 0.4) is 0 Å². The molecule has 3 aliphatic carbocycles. The number of hydrogen-bond donors (Lipinski definition) is 3. The van der Waals surface area contributed by atoms with Crippen molar-refractivity contribution in [2.45, 2.75) is 73.5 Å². The van der Waals surface area contributed by atoms with Crippen molar-refractivity contribution in [1.82, 2.24) is 5.32 Å². The number of nitrogens with two attached hydrogens (primary N) is 1. The molecule has 0 aliphatic heterocycles. The molecule has 4 atom stereocenters. The van der Waals surface area contributed by atoms with Crippen molar-refractivity contribution in [2.24, 2.45) is 23.5 Å². The number of ether oxygens (including phenoxy) is 2. The van der Waals surface area contributed by atoms with E-state index in [0.29, 0.717) is 19.3 Å². The van der Waals surface area contributed by atoms with Gasteiger partial charge in [-0.2, -0.15) is 13.2 Å². The van der Waals surface area contributed by atoms with Gasteiger partial charge in [-0.1, -0.05) is 6.07 Å². The number of benzene rings is 2. The van der Waals surface area contributed by atoms with Crippen LogP contribution < -0.4 is 25.8 Å². The molecule has 0 heterocycles. The molecule has 3 aliphatic rings. The van der Waals surface area contributed by atoms with Gasteiger partial charge in [0.05, 0.1) is 29.6 Å². The van der Waals surface area contributed by atoms with Crippen LogP contribution in [-0.2, 0) is 14.6 Å². The van der Waals surface area contributed by atoms with Gasteiger partial charge in [0.25, 0.3) is 15.7 Å². The number of fused-ring (bicyclic) bond motifs is 2. The fraction of sp³-hybridized carbons (Fsp3) is 0.517. The van der Waals surface area contributed by atoms with Crippen molar-refractivity contribution in [2.75, 3.05) is 12.4 Å². The second-order valence-corrected chi connectivity index (χ2v) is 13.4. The minimum Gasteiger partial charge on any atom is -0.496 e. The molecule has 2 aromatic rings. The fourth-order valence-corrected chi connectivity index (χ4v) is 7.37. The molecule has 4 N–H and O–H groups in total. The summed E-state index contributed by atoms with van der Waals surface area (Å²) in [5.41, 5.74) is 0.363. The van der Waals surface area contributed by atoms with E-state index in [-0.39, 0.29) is 46.7 Å². The summed E-state index contributed by atoms with van der Waals surface area (Å²) in [6, 6.07) is 5.77. The molecular formula is C29H33F4N3O6S. The third-order valence-corrected chi connectivity index (χ3v) is 10.2. The Balaban J connectivity index is 1.34. The molecule has 2 aromatic carbocycles. The van der Waals surface area contributed by atoms with Crippen LogP contribution in [0.1, 0.15) is 55.3 Å². The van der Waals surface area contributed by atoms with Crippen molar-refractivity contribution in [3.63, 3.8) is 0 Å². The van der Waals surface area contributed by atoms with Crippen LogP contribution in [0.2, 0.25) is 0 Å². The summed E-state index contributed by atoms with van der Waals surface area (Å²) < 4.78 is 88.9. The number of carbonyl (C=O) groups excluding carboxylic acids is 2. The molecule has 0 aromatic heterocycles. The topological polar surface area (TPSA) is 137 Å². The number of nitrogens with one attached hydrogen (secondary N) is 2. The molecule has 9 nitrogen and oxygen atoms in total. The number of alkyl halides is 3. The zero-order valence-corrected chi connectivity index (χ0v) is 24.1. The van der Waals surface area contributed by atoms with E-state index in [2.05, 4.69) is 10.6 Å². The van der Waals surface area contributed by atoms with E-state index in [9.17, 15) is 35.6 Å². The van der Waals surface area contributed by atoms with Crippen LogP contribution in [0, 0.1) is 23.6 Å². The summed E-state index contributed by atoms with van der Waals surface area (Å²) in [7, 11) is -4.31. The highest BCUT2D eigenvalue weighted by molar-refractivity contribution is 7.92. The van der Waals surface area contributed by atoms with E-state index in [1.807, 2.05) is 0 Å². The lowest BCUT2D eigenvalue weighted by atomic mass is 9.83. The largest absolute Gasteiger partial charge is 0.501 e. The molecule has 14 heteroatoms. The van der Waals surface area contributed by atoms with E-state index in [1.165, 1.54) is 19.2 Å². The summed E-state index contributed by atoms with van der Waals surface area (Å²) in [6.07, 6.45) is 4.68. The number of anilines is 1. The van der Waals surface area contributed by atoms with Crippen molar-refractivity contribution in [3.8, 4) is 11.5 Å². The normalized spacial score (nSPS) is 27.0. The summed E-state index contributed by atoms with van der Waals surface area (Å²) >= 11 is 0. The maximum Gasteiger partial charge on any atom is 0.501 e. The first-order valence-corrected chi connectivity index (χ1v) is 15.6. The van der Waals surface area contributed by atoms with Gasteiger partial charge in [-0.15, -0.1) is 0 Å². The van der Waals surface area contributed by atoms with Crippen LogP contribution in [-0.4, -0.2) is 51.0 Å². The standard InChI is InChI=1S/C29H33F4N3O6S/c1-41-23-14-22(30)24(42-19-9-7-17(34)8-10-19)13-21(23)27(37)36-26-16-6-5-15(11-16)25(26)28(38)35-18-3-2-4-20(12-18)43(39,40)29(31,32)33/h2-4,12-17,19,25-26H,5-11,34H2,1H3,(H,35,38)(H,36,37)/t15-,16+,17-,19-,25+,26-/m1/s1. The Morgan fingerprint density at radius 1 is 0.977 bits per heavy atom. The van der Waals surface area contributed by atoms with Crippen LogP contribution >= 0.6 is 0 Å². The summed E-state index contributed by atoms with van der Waals surface area (Å²) in [6.45, 7) is 0. The Morgan fingerprint density at radius 2 is 1.67 bits per heavy atom. The van der Waals surface area contributed by atoms with E-state index in [1.54, 1.807) is 0 Å². The highest BCUT2D eigenvalue weighted by Crippen LogP contribution is 2.49. The van der Waals surface area contributed by atoms with Crippen molar-refractivity contribution in [3.05, 3.63) is 47.8 Å². The van der Waals surface area contributed by atoms with Gasteiger partial charge in [-0.3, -0.25) is 9.59 Å². The number of amides is 2. The Bertz CT molecular complexity index is 1490. The maximum atomic E-state index is 14.9. The highest BCUT2D eigenvalue weighted by atomic mass is 32.2. The van der Waals surface area contributed by atoms with Crippen molar-refractivity contribution in [1.29, 1.82) is 0 Å². The number of methoxy groups -OCH3 is 1. The SMILES string of the molecule is COc1cc(F)c(O[C@H]2CC[C@H](N)CC2)cc1C(=O)N[C@@H]1[C@H]2CC[C@H](C2)[C@@H]1C(=O)Nc1cccc(S(=O)(=O)C(F)(F)F)c1. The van der Waals surface area contributed by atoms with Gasteiger partial charge in [0.2, 0.25) is 5.91 Å². The molecule has 2 bridgehead atoms. The minimum atomic E-state index is -5.61. The monoisotopic (exact) mass is 627 g/mol. The molecule has 3 fully saturated rings. The van der Waals surface area contributed by atoms with Gasteiger partial charge in [-0.25, -0.2) is 12.8 Å². The van der Waals surface area contributed by atoms with Crippen LogP contribution in [0.15, 0.2) is 41.3 Å². The molecule has 0 radical (unpaired) electrons. The Morgan fingerprint density at radius 3 is 2.35 bits per heavy atom. The molecule has 234 valence electrons. The zero-order chi connectivity index (χ0) is 31.1. The van der Waals surface area contributed by atoms with E-state index in [4.69, 9.17) is 15.2 Å². The first kappa shape index (κ1) is 31.0. The van der Waals surface area contributed by atoms with E-state index < -0.39 is 49.8 Å². The van der Waals surface area contributed by atoms with Gasteiger partial charge in [0.1, 0.15) is 5.75 Å². The first-order valence-electron chi connectivity index (χ1n) is 14.1. The lowest BCUT2D eigenvalue weighted by molar-refractivity contribution is -0.122. The second kappa shape index (κ2) is 11.9. The number of sulfone groups is 1. The highest BCUT2D eigenvalue weighted by Gasteiger charge is 2.52. The van der Waals surface area contributed by atoms with Crippen molar-refractivity contribution >= 4 is 27.3 Å². The fourth-order valence-electron chi connectivity index (χ4n) is 6.56. The predicted molar refractivity (Wildman–Crippen MR) is 148 cm³/mol. The molecule has 0 saturated heterocycles. The Hall–Kier alpha value is -3.39. The lowest BCUT2D eigenvalue weighted by Gasteiger charge is -2.31. The van der Waals surface area contributed by atoms with Crippen LogP contribution in [0.25, 0.3) is 0 Å². The predicted octanol–water partition coefficient (Wildman–Crippen LogP) is 4.56. The zero-order valence-electron chi connectivity index (χ0n) is 23.3. The Labute approximate surface area is 246 Å². The quantitative estimate of drug-likeness (QED) is 0.365. The van der Waals surface area contributed by atoms with Crippen LogP contribution in [0.4, 0.5) is 23.2 Å². The van der Waals surface area contributed by atoms with E-state index >= 15 is 0 Å². The number of rotatable bonds is 8. The lowest BCUT2D eigenvalue weighted by Crippen LogP contribution is -2.48. The van der Waals surface area contributed by atoms with Gasteiger partial charge in [0, 0.05) is 23.8 Å². The average Bonchev–Trinajstić information content (AvgIpc) is 3.56. The Kier molecular flexibility index (Phi) is 8.63. The van der Waals surface area contributed by atoms with Gasteiger partial charge >= 0.3 is 5.51 Å². The second-order valence-electron chi connectivity index (χ2n) is 11.5. The first-order chi connectivity index (χ1) is 20.3. The molecule has 43 heavy (non-hydrogen) atoms. The van der Waals surface area contributed by atoms with Gasteiger partial charge in [-0.05, 0) is 81.0 Å². The molecule has 5 rings (SSSR count). The van der Waals surface area contributed by atoms with Crippen molar-refractivity contribution < 1.29 is 45.0 Å². The average molecular weight is 628 g/mol. The van der Waals surface area contributed by atoms with Gasteiger partial charge < -0.3 is 25.8 Å². The summed E-state index contributed by atoms with van der Waals surface area (Å²) in [5, 5.41) is 5.45. The van der Waals surface area contributed by atoms with Crippen LogP contribution in [0.5, 0.6) is 11.5 Å². The molecule has 0 spiro atoms. The number of halogens is 4. The third kappa shape index (κ3) is 6.30. The maximum absolute atomic E-state index is 14.9. The summed E-state index contributed by atoms with van der Waals surface area (Å²) in [4.78, 5) is 26.0. The molecule has 0 unspecified atom stereocenters. The molecule has 3 saturated carbocycles. The number of hydrogen-bond acceptors (Lipinski definition) is 7. The van der Waals surface area contributed by atoms with Gasteiger partial charge in [0.15, 0.2) is 11.6 Å². The minimum absolute atomic E-state index is 0.0140. The third-order valence-electron chi connectivity index (χ3n) is 8.74. The summed E-state index contributed by atoms with van der Waals surface area (Å²) in [5.74, 6) is -2.79. The molecular weight excluding hydrogens is 594 g/mol. The van der Waals surface area contributed by atoms with E-state index in [0.717, 1.165) is 49.9 Å².